The maximum Gasteiger partial charge on any atom is 0.335 e. The molecule has 0 amide bonds. The number of carboxylic acid groups (broad SMARTS) is 1. The van der Waals surface area contributed by atoms with Crippen LogP contribution in [-0.4, -0.2) is 11.1 Å². The molecule has 0 fully saturated rings. The summed E-state index contributed by atoms with van der Waals surface area (Å²) in [6.45, 7) is 0.459. The molecule has 2 aromatic rings. The number of furan rings is 1. The Morgan fingerprint density at radius 2 is 2.24 bits per heavy atom. The fraction of sp³-hybridized carbons (Fsp3) is 0.0833. The molecular formula is C12H12N2O3. The van der Waals surface area contributed by atoms with E-state index in [9.17, 15) is 4.79 Å². The largest absolute Gasteiger partial charge is 0.478 e. The Morgan fingerprint density at radius 1 is 1.41 bits per heavy atom. The summed E-state index contributed by atoms with van der Waals surface area (Å²) < 4.78 is 5.15. The normalized spacial score (nSPS) is 10.1. The zero-order chi connectivity index (χ0) is 12.3. The number of carboxylic acids is 1. The van der Waals surface area contributed by atoms with Crippen LogP contribution in [0.5, 0.6) is 0 Å². The lowest BCUT2D eigenvalue weighted by molar-refractivity contribution is 0.0697. The van der Waals surface area contributed by atoms with Gasteiger partial charge in [0.25, 0.3) is 0 Å². The molecule has 17 heavy (non-hydrogen) atoms. The Morgan fingerprint density at radius 3 is 2.88 bits per heavy atom. The topological polar surface area (TPSA) is 88.5 Å². The van der Waals surface area contributed by atoms with E-state index in [1.54, 1.807) is 18.4 Å². The predicted octanol–water partition coefficient (Wildman–Crippen LogP) is 2.17. The molecule has 0 unspecified atom stereocenters. The summed E-state index contributed by atoms with van der Waals surface area (Å²) >= 11 is 0. The summed E-state index contributed by atoms with van der Waals surface area (Å²) in [5.74, 6) is -0.226. The van der Waals surface area contributed by atoms with Crippen molar-refractivity contribution in [3.05, 3.63) is 47.9 Å². The number of rotatable bonds is 4. The van der Waals surface area contributed by atoms with Crippen LogP contribution in [0.3, 0.4) is 0 Å². The minimum Gasteiger partial charge on any atom is -0.478 e. The molecule has 1 aromatic carbocycles. The van der Waals surface area contributed by atoms with Crippen molar-refractivity contribution < 1.29 is 14.3 Å². The van der Waals surface area contributed by atoms with E-state index in [2.05, 4.69) is 5.32 Å². The zero-order valence-corrected chi connectivity index (χ0v) is 9.01. The third kappa shape index (κ3) is 2.57. The molecule has 0 aliphatic rings. The van der Waals surface area contributed by atoms with Gasteiger partial charge in [0.15, 0.2) is 0 Å². The van der Waals surface area contributed by atoms with E-state index in [4.69, 9.17) is 15.3 Å². The van der Waals surface area contributed by atoms with E-state index in [-0.39, 0.29) is 5.56 Å². The molecule has 2 rings (SSSR count). The van der Waals surface area contributed by atoms with E-state index in [0.717, 1.165) is 5.76 Å². The van der Waals surface area contributed by atoms with Crippen molar-refractivity contribution in [1.29, 1.82) is 0 Å². The van der Waals surface area contributed by atoms with Gasteiger partial charge in [-0.25, -0.2) is 4.79 Å². The van der Waals surface area contributed by atoms with Crippen molar-refractivity contribution >= 4 is 17.3 Å². The second-order valence-electron chi connectivity index (χ2n) is 3.54. The highest BCUT2D eigenvalue weighted by molar-refractivity contribution is 5.90. The lowest BCUT2D eigenvalue weighted by atomic mass is 10.1. The molecule has 5 heteroatoms. The van der Waals surface area contributed by atoms with Crippen LogP contribution in [0.1, 0.15) is 16.1 Å². The second-order valence-corrected chi connectivity index (χ2v) is 3.54. The Bertz CT molecular complexity index is 521. The highest BCUT2D eigenvalue weighted by Crippen LogP contribution is 2.20. The summed E-state index contributed by atoms with van der Waals surface area (Å²) in [7, 11) is 0. The van der Waals surface area contributed by atoms with Crippen LogP contribution in [0, 0.1) is 0 Å². The average molecular weight is 232 g/mol. The third-order valence-corrected chi connectivity index (χ3v) is 2.33. The van der Waals surface area contributed by atoms with E-state index < -0.39 is 5.97 Å². The Labute approximate surface area is 97.9 Å². The fourth-order valence-corrected chi connectivity index (χ4v) is 1.44. The Hall–Kier alpha value is -2.43. The summed E-state index contributed by atoms with van der Waals surface area (Å²) in [6, 6.07) is 8.14. The van der Waals surface area contributed by atoms with Crippen LogP contribution in [0.25, 0.3) is 0 Å². The molecule has 0 atom stereocenters. The molecule has 0 radical (unpaired) electrons. The number of hydrogen-bond donors (Lipinski definition) is 3. The van der Waals surface area contributed by atoms with Crippen molar-refractivity contribution in [2.75, 3.05) is 11.1 Å². The SMILES string of the molecule is Nc1ccc(C(=O)O)cc1NCc1ccco1. The molecule has 0 saturated heterocycles. The van der Waals surface area contributed by atoms with Crippen LogP contribution in [0.2, 0.25) is 0 Å². The third-order valence-electron chi connectivity index (χ3n) is 2.33. The highest BCUT2D eigenvalue weighted by atomic mass is 16.4. The van der Waals surface area contributed by atoms with Gasteiger partial charge >= 0.3 is 5.97 Å². The van der Waals surface area contributed by atoms with Crippen molar-refractivity contribution in [3.63, 3.8) is 0 Å². The second kappa shape index (κ2) is 4.61. The maximum absolute atomic E-state index is 10.8. The van der Waals surface area contributed by atoms with Gasteiger partial charge in [0.2, 0.25) is 0 Å². The summed E-state index contributed by atoms with van der Waals surface area (Å²) in [5, 5.41) is 11.9. The first-order valence-corrected chi connectivity index (χ1v) is 5.06. The molecule has 88 valence electrons. The van der Waals surface area contributed by atoms with E-state index >= 15 is 0 Å². The van der Waals surface area contributed by atoms with Crippen LogP contribution < -0.4 is 11.1 Å². The lowest BCUT2D eigenvalue weighted by Crippen LogP contribution is -2.04. The molecule has 0 bridgehead atoms. The van der Waals surface area contributed by atoms with E-state index in [1.807, 2.05) is 6.07 Å². The summed E-state index contributed by atoms with van der Waals surface area (Å²) in [5.41, 5.74) is 7.02. The molecule has 5 nitrogen and oxygen atoms in total. The number of hydrogen-bond acceptors (Lipinski definition) is 4. The Balaban J connectivity index is 2.14. The first kappa shape index (κ1) is 11.1. The number of nitrogens with two attached hydrogens (primary N) is 1. The molecule has 0 saturated carbocycles. The van der Waals surface area contributed by atoms with Gasteiger partial charge in [-0.3, -0.25) is 0 Å². The maximum atomic E-state index is 10.8. The van der Waals surface area contributed by atoms with Crippen molar-refractivity contribution in [2.45, 2.75) is 6.54 Å². The van der Waals surface area contributed by atoms with Gasteiger partial charge in [-0.05, 0) is 30.3 Å². The monoisotopic (exact) mass is 232 g/mol. The smallest absolute Gasteiger partial charge is 0.335 e. The molecule has 1 heterocycles. The van der Waals surface area contributed by atoms with Gasteiger partial charge in [-0.15, -0.1) is 0 Å². The molecule has 0 aliphatic heterocycles. The lowest BCUT2D eigenvalue weighted by Gasteiger charge is -2.08. The van der Waals surface area contributed by atoms with Crippen LogP contribution >= 0.6 is 0 Å². The van der Waals surface area contributed by atoms with Gasteiger partial charge in [0.05, 0.1) is 29.7 Å². The van der Waals surface area contributed by atoms with Crippen molar-refractivity contribution in [1.82, 2.24) is 0 Å². The average Bonchev–Trinajstić information content (AvgIpc) is 2.80. The molecule has 0 spiro atoms. The molecule has 0 aliphatic carbocycles. The Kier molecular flexibility index (Phi) is 3.00. The number of anilines is 2. The minimum absolute atomic E-state index is 0.196. The first-order chi connectivity index (χ1) is 8.16. The van der Waals surface area contributed by atoms with Crippen molar-refractivity contribution in [2.24, 2.45) is 0 Å². The minimum atomic E-state index is -0.981. The fourth-order valence-electron chi connectivity index (χ4n) is 1.44. The number of carbonyl (C=O) groups is 1. The molecule has 4 N–H and O–H groups in total. The first-order valence-electron chi connectivity index (χ1n) is 5.06. The zero-order valence-electron chi connectivity index (χ0n) is 9.01. The van der Waals surface area contributed by atoms with Gasteiger partial charge in [-0.2, -0.15) is 0 Å². The summed E-state index contributed by atoms with van der Waals surface area (Å²) in [4.78, 5) is 10.8. The van der Waals surface area contributed by atoms with Crippen LogP contribution in [0.4, 0.5) is 11.4 Å². The van der Waals surface area contributed by atoms with Crippen LogP contribution in [0.15, 0.2) is 41.0 Å². The molecular weight excluding hydrogens is 220 g/mol. The highest BCUT2D eigenvalue weighted by Gasteiger charge is 2.06. The number of nitrogens with one attached hydrogen (secondary N) is 1. The quantitative estimate of drug-likeness (QED) is 0.703. The number of aromatic carboxylic acids is 1. The standard InChI is InChI=1S/C12H12N2O3/c13-10-4-3-8(12(15)16)6-11(10)14-7-9-2-1-5-17-9/h1-6,14H,7,13H2,(H,15,16). The van der Waals surface area contributed by atoms with E-state index in [0.29, 0.717) is 17.9 Å². The van der Waals surface area contributed by atoms with Crippen molar-refractivity contribution in [3.8, 4) is 0 Å². The predicted molar refractivity (Wildman–Crippen MR) is 63.8 cm³/mol. The molecule has 1 aromatic heterocycles. The number of nitrogen functional groups attached to an aromatic ring is 1. The van der Waals surface area contributed by atoms with Gasteiger partial charge < -0.3 is 20.6 Å². The van der Waals surface area contributed by atoms with Gasteiger partial charge in [0.1, 0.15) is 5.76 Å². The van der Waals surface area contributed by atoms with Crippen LogP contribution in [-0.2, 0) is 6.54 Å². The van der Waals surface area contributed by atoms with Gasteiger partial charge in [-0.1, -0.05) is 0 Å². The van der Waals surface area contributed by atoms with E-state index in [1.165, 1.54) is 12.1 Å². The van der Waals surface area contributed by atoms with Gasteiger partial charge in [0, 0.05) is 0 Å². The number of benzene rings is 1. The summed E-state index contributed by atoms with van der Waals surface area (Å²) in [6.07, 6.45) is 1.58.